The number of rotatable bonds is 8. The number of hydrogen-bond donors (Lipinski definition) is 2. The Labute approximate surface area is 143 Å². The highest BCUT2D eigenvalue weighted by molar-refractivity contribution is 8.00. The van der Waals surface area contributed by atoms with Crippen molar-refractivity contribution < 1.29 is 4.74 Å². The summed E-state index contributed by atoms with van der Waals surface area (Å²) in [6.07, 6.45) is 4.39. The normalized spacial score (nSPS) is 17.8. The number of hydrogen-bond acceptors (Lipinski definition) is 3. The summed E-state index contributed by atoms with van der Waals surface area (Å²) in [6.45, 7) is 8.72. The lowest BCUT2D eigenvalue weighted by Gasteiger charge is -2.15. The zero-order valence-corrected chi connectivity index (χ0v) is 14.7. The molecule has 0 saturated carbocycles. The first-order valence-electron chi connectivity index (χ1n) is 8.29. The summed E-state index contributed by atoms with van der Waals surface area (Å²) in [7, 11) is 0. The van der Waals surface area contributed by atoms with Crippen molar-refractivity contribution in [2.75, 3.05) is 25.4 Å². The van der Waals surface area contributed by atoms with Gasteiger partial charge in [-0.25, -0.2) is 4.99 Å². The number of thioether (sulfide) groups is 1. The van der Waals surface area contributed by atoms with Crippen molar-refractivity contribution >= 4 is 17.7 Å². The second-order valence-electron chi connectivity index (χ2n) is 5.42. The third-order valence-electron chi connectivity index (χ3n) is 3.60. The highest BCUT2D eigenvalue weighted by Crippen LogP contribution is 2.25. The fourth-order valence-electron chi connectivity index (χ4n) is 2.45. The highest BCUT2D eigenvalue weighted by Gasteiger charge is 2.15. The van der Waals surface area contributed by atoms with E-state index < -0.39 is 0 Å². The third-order valence-corrected chi connectivity index (χ3v) is 5.00. The van der Waals surface area contributed by atoms with Crippen molar-refractivity contribution in [2.24, 2.45) is 4.99 Å². The van der Waals surface area contributed by atoms with Gasteiger partial charge in [-0.15, -0.1) is 0 Å². The molecular weight excluding hydrogens is 306 g/mol. The first-order valence-corrected chi connectivity index (χ1v) is 9.33. The first-order chi connectivity index (χ1) is 11.3. The molecule has 1 aliphatic heterocycles. The lowest BCUT2D eigenvalue weighted by molar-refractivity contribution is 0.359. The molecule has 1 aromatic rings. The molecule has 2 rings (SSSR count). The maximum atomic E-state index is 5.69. The van der Waals surface area contributed by atoms with E-state index in [1.165, 1.54) is 18.6 Å². The monoisotopic (exact) mass is 333 g/mol. The van der Waals surface area contributed by atoms with Crippen molar-refractivity contribution in [3.05, 3.63) is 42.5 Å². The largest absolute Gasteiger partial charge is 0.489 e. The molecule has 5 heteroatoms. The molecule has 0 aromatic heterocycles. The van der Waals surface area contributed by atoms with Crippen molar-refractivity contribution in [3.8, 4) is 5.75 Å². The van der Waals surface area contributed by atoms with Crippen LogP contribution in [0, 0.1) is 0 Å². The van der Waals surface area contributed by atoms with Crippen LogP contribution in [-0.2, 0) is 6.54 Å². The van der Waals surface area contributed by atoms with Gasteiger partial charge in [0.25, 0.3) is 0 Å². The summed E-state index contributed by atoms with van der Waals surface area (Å²) < 4.78 is 5.69. The van der Waals surface area contributed by atoms with E-state index in [-0.39, 0.29) is 0 Å². The molecule has 2 N–H and O–H groups in total. The van der Waals surface area contributed by atoms with Crippen LogP contribution in [0.25, 0.3) is 0 Å². The minimum absolute atomic E-state index is 0.512. The lowest BCUT2D eigenvalue weighted by atomic mass is 10.2. The molecule has 23 heavy (non-hydrogen) atoms. The Hall–Kier alpha value is -1.62. The number of para-hydroxylation sites is 1. The van der Waals surface area contributed by atoms with Gasteiger partial charge in [-0.05, 0) is 31.6 Å². The van der Waals surface area contributed by atoms with E-state index >= 15 is 0 Å². The van der Waals surface area contributed by atoms with Gasteiger partial charge in [-0.1, -0.05) is 30.9 Å². The van der Waals surface area contributed by atoms with Crippen LogP contribution in [0.15, 0.2) is 41.9 Å². The van der Waals surface area contributed by atoms with Crippen molar-refractivity contribution in [2.45, 2.75) is 31.6 Å². The summed E-state index contributed by atoms with van der Waals surface area (Å²) >= 11 is 2.05. The molecule has 0 amide bonds. The molecule has 0 spiro atoms. The number of nitrogens with one attached hydrogen (secondary N) is 2. The van der Waals surface area contributed by atoms with E-state index in [4.69, 9.17) is 9.73 Å². The van der Waals surface area contributed by atoms with Crippen molar-refractivity contribution in [1.82, 2.24) is 10.6 Å². The van der Waals surface area contributed by atoms with Gasteiger partial charge in [0.1, 0.15) is 12.4 Å². The number of aliphatic imine (C=N–C) groups is 1. The molecule has 1 saturated heterocycles. The number of nitrogens with zero attached hydrogens (tertiary/aromatic N) is 1. The van der Waals surface area contributed by atoms with Gasteiger partial charge in [0.2, 0.25) is 0 Å². The van der Waals surface area contributed by atoms with E-state index in [0.29, 0.717) is 18.4 Å². The Kier molecular flexibility index (Phi) is 7.87. The zero-order chi connectivity index (χ0) is 16.3. The third kappa shape index (κ3) is 6.18. The SMILES string of the molecule is C=CCOc1ccccc1CN=C(NCC)NCC1CCCS1. The molecule has 0 radical (unpaired) electrons. The Morgan fingerprint density at radius 2 is 2.30 bits per heavy atom. The van der Waals surface area contributed by atoms with Crippen LogP contribution >= 0.6 is 11.8 Å². The highest BCUT2D eigenvalue weighted by atomic mass is 32.2. The Morgan fingerprint density at radius 3 is 3.04 bits per heavy atom. The molecule has 0 bridgehead atoms. The van der Waals surface area contributed by atoms with Crippen LogP contribution in [0.5, 0.6) is 5.75 Å². The number of ether oxygens (including phenoxy) is 1. The predicted molar refractivity (Wildman–Crippen MR) is 100 cm³/mol. The van der Waals surface area contributed by atoms with Crippen LogP contribution in [0.3, 0.4) is 0 Å². The quantitative estimate of drug-likeness (QED) is 0.436. The van der Waals surface area contributed by atoms with E-state index in [9.17, 15) is 0 Å². The van der Waals surface area contributed by atoms with E-state index in [1.807, 2.05) is 18.2 Å². The Morgan fingerprint density at radius 1 is 1.43 bits per heavy atom. The Balaban J connectivity index is 1.94. The van der Waals surface area contributed by atoms with Crippen molar-refractivity contribution in [1.29, 1.82) is 0 Å². The summed E-state index contributed by atoms with van der Waals surface area (Å²) in [5, 5.41) is 7.48. The smallest absolute Gasteiger partial charge is 0.191 e. The second kappa shape index (κ2) is 10.2. The van der Waals surface area contributed by atoms with Crippen LogP contribution < -0.4 is 15.4 Å². The van der Waals surface area contributed by atoms with Crippen molar-refractivity contribution in [3.63, 3.8) is 0 Å². The zero-order valence-electron chi connectivity index (χ0n) is 13.9. The van der Waals surface area contributed by atoms with Gasteiger partial charge in [0.05, 0.1) is 6.54 Å². The number of benzene rings is 1. The van der Waals surface area contributed by atoms with Crippen LogP contribution in [-0.4, -0.2) is 36.7 Å². The lowest BCUT2D eigenvalue weighted by Crippen LogP contribution is -2.40. The van der Waals surface area contributed by atoms with Gasteiger partial charge in [-0.3, -0.25) is 0 Å². The summed E-state index contributed by atoms with van der Waals surface area (Å²) in [5.74, 6) is 3.03. The average molecular weight is 334 g/mol. The summed E-state index contributed by atoms with van der Waals surface area (Å²) in [5.41, 5.74) is 1.08. The van der Waals surface area contributed by atoms with Gasteiger partial charge in [0.15, 0.2) is 5.96 Å². The van der Waals surface area contributed by atoms with E-state index in [1.54, 1.807) is 6.08 Å². The van der Waals surface area contributed by atoms with Crippen LogP contribution in [0.2, 0.25) is 0 Å². The molecule has 4 nitrogen and oxygen atoms in total. The molecule has 1 aliphatic rings. The molecular formula is C18H27N3OS. The van der Waals surface area contributed by atoms with Gasteiger partial charge >= 0.3 is 0 Å². The minimum atomic E-state index is 0.512. The molecule has 1 aromatic carbocycles. The Bertz CT molecular complexity index is 513. The number of guanidine groups is 1. The van der Waals surface area contributed by atoms with E-state index in [2.05, 4.69) is 42.0 Å². The van der Waals surface area contributed by atoms with E-state index in [0.717, 1.165) is 30.4 Å². The standard InChI is InChI=1S/C18H27N3OS/c1-3-11-22-17-10-6-5-8-15(17)13-20-18(19-4-2)21-14-16-9-7-12-23-16/h3,5-6,8,10,16H,1,4,7,9,11-14H2,2H3,(H2,19,20,21). The van der Waals surface area contributed by atoms with Gasteiger partial charge in [0, 0.05) is 23.9 Å². The van der Waals surface area contributed by atoms with Gasteiger partial charge < -0.3 is 15.4 Å². The minimum Gasteiger partial charge on any atom is -0.489 e. The molecule has 1 fully saturated rings. The molecule has 126 valence electrons. The van der Waals surface area contributed by atoms with Gasteiger partial charge in [-0.2, -0.15) is 11.8 Å². The fraction of sp³-hybridized carbons (Fsp3) is 0.500. The second-order valence-corrected chi connectivity index (χ2v) is 6.83. The average Bonchev–Trinajstić information content (AvgIpc) is 3.09. The topological polar surface area (TPSA) is 45.6 Å². The molecule has 1 atom stereocenters. The maximum absolute atomic E-state index is 5.69. The van der Waals surface area contributed by atoms with Crippen LogP contribution in [0.1, 0.15) is 25.3 Å². The first kappa shape index (κ1) is 17.7. The summed E-state index contributed by atoms with van der Waals surface area (Å²) in [6, 6.07) is 8.02. The van der Waals surface area contributed by atoms with Crippen LogP contribution in [0.4, 0.5) is 0 Å². The molecule has 1 heterocycles. The fourth-order valence-corrected chi connectivity index (χ4v) is 3.65. The molecule has 1 unspecified atom stereocenters. The molecule has 0 aliphatic carbocycles. The maximum Gasteiger partial charge on any atom is 0.191 e. The summed E-state index contributed by atoms with van der Waals surface area (Å²) in [4.78, 5) is 4.69. The predicted octanol–water partition coefficient (Wildman–Crippen LogP) is 3.20.